The van der Waals surface area contributed by atoms with Gasteiger partial charge < -0.3 is 14.2 Å². The molecule has 2 rings (SSSR count). The summed E-state index contributed by atoms with van der Waals surface area (Å²) < 4.78 is 15.7. The Balaban J connectivity index is 2.31. The summed E-state index contributed by atoms with van der Waals surface area (Å²) >= 11 is 11.7. The van der Waals surface area contributed by atoms with Crippen LogP contribution in [0.2, 0.25) is 10.0 Å². The van der Waals surface area contributed by atoms with Gasteiger partial charge in [0.05, 0.1) is 43.4 Å². The van der Waals surface area contributed by atoms with Crippen LogP contribution in [0.1, 0.15) is 27.1 Å². The van der Waals surface area contributed by atoms with E-state index in [0.29, 0.717) is 16.3 Å². The van der Waals surface area contributed by atoms with E-state index in [2.05, 4.69) is 0 Å². The Morgan fingerprint density at radius 3 is 2.08 bits per heavy atom. The third-order valence-corrected chi connectivity index (χ3v) is 4.31. The fraction of sp³-hybridized carbons (Fsp3) is 0.222. The summed E-state index contributed by atoms with van der Waals surface area (Å²) in [7, 11) is 4.33. The molecule has 0 fully saturated rings. The third kappa shape index (κ3) is 4.06. The molecule has 0 saturated heterocycles. The first-order valence-corrected chi connectivity index (χ1v) is 7.99. The van der Waals surface area contributed by atoms with Gasteiger partial charge in [0, 0.05) is 5.56 Å². The first-order chi connectivity index (χ1) is 11.9. The molecular weight excluding hydrogens is 367 g/mol. The number of halogens is 2. The van der Waals surface area contributed by atoms with Gasteiger partial charge in [-0.2, -0.15) is 0 Å². The molecule has 25 heavy (non-hydrogen) atoms. The fourth-order valence-electron chi connectivity index (χ4n) is 2.33. The molecule has 0 heterocycles. The van der Waals surface area contributed by atoms with Crippen molar-refractivity contribution in [2.24, 2.45) is 0 Å². The molecule has 132 valence electrons. The predicted octanol–water partition coefficient (Wildman–Crippen LogP) is 4.47. The minimum Gasteiger partial charge on any atom is -0.493 e. The van der Waals surface area contributed by atoms with Crippen LogP contribution < -0.4 is 14.2 Å². The van der Waals surface area contributed by atoms with Gasteiger partial charge in [0.2, 0.25) is 5.75 Å². The summed E-state index contributed by atoms with van der Waals surface area (Å²) in [6.45, 7) is 0. The average Bonchev–Trinajstić information content (AvgIpc) is 2.62. The number of rotatable bonds is 7. The quantitative estimate of drug-likeness (QED) is 0.521. The highest BCUT2D eigenvalue weighted by molar-refractivity contribution is 6.42. The van der Waals surface area contributed by atoms with Crippen molar-refractivity contribution in [2.45, 2.75) is 6.42 Å². The number of carbonyl (C=O) groups is 2. The number of benzene rings is 2. The van der Waals surface area contributed by atoms with Gasteiger partial charge in [0.15, 0.2) is 23.1 Å². The number of hydrogen-bond acceptors (Lipinski definition) is 5. The molecule has 0 aromatic heterocycles. The number of ketones is 2. The van der Waals surface area contributed by atoms with E-state index in [4.69, 9.17) is 37.4 Å². The molecule has 0 bridgehead atoms. The Bertz CT molecular complexity index is 817. The van der Waals surface area contributed by atoms with Crippen molar-refractivity contribution in [3.05, 3.63) is 51.5 Å². The summed E-state index contributed by atoms with van der Waals surface area (Å²) in [6, 6.07) is 7.59. The van der Waals surface area contributed by atoms with Crippen LogP contribution in [-0.4, -0.2) is 32.9 Å². The Kier molecular flexibility index (Phi) is 6.28. The van der Waals surface area contributed by atoms with Crippen LogP contribution in [-0.2, 0) is 0 Å². The molecule has 0 saturated carbocycles. The monoisotopic (exact) mass is 382 g/mol. The van der Waals surface area contributed by atoms with E-state index in [-0.39, 0.29) is 34.3 Å². The lowest BCUT2D eigenvalue weighted by Gasteiger charge is -2.15. The topological polar surface area (TPSA) is 61.8 Å². The van der Waals surface area contributed by atoms with E-state index in [0.717, 1.165) is 0 Å². The highest BCUT2D eigenvalue weighted by Crippen LogP contribution is 2.40. The summed E-state index contributed by atoms with van der Waals surface area (Å²) in [5.41, 5.74) is 0.538. The van der Waals surface area contributed by atoms with Crippen LogP contribution in [0.3, 0.4) is 0 Å². The lowest BCUT2D eigenvalue weighted by atomic mass is 10.0. The smallest absolute Gasteiger partial charge is 0.204 e. The zero-order chi connectivity index (χ0) is 18.6. The first-order valence-electron chi connectivity index (χ1n) is 7.23. The van der Waals surface area contributed by atoms with Crippen molar-refractivity contribution in [2.75, 3.05) is 21.3 Å². The van der Waals surface area contributed by atoms with Gasteiger partial charge in [-0.1, -0.05) is 23.2 Å². The Morgan fingerprint density at radius 2 is 1.52 bits per heavy atom. The predicted molar refractivity (Wildman–Crippen MR) is 95.8 cm³/mol. The summed E-state index contributed by atoms with van der Waals surface area (Å²) in [5.74, 6) is 0.146. The Morgan fingerprint density at radius 1 is 0.840 bits per heavy atom. The molecule has 0 aliphatic heterocycles. The normalized spacial score (nSPS) is 10.3. The molecule has 0 N–H and O–H groups in total. The third-order valence-electron chi connectivity index (χ3n) is 3.57. The lowest BCUT2D eigenvalue weighted by Crippen LogP contribution is -2.11. The molecule has 0 aliphatic carbocycles. The standard InChI is InChI=1S/C18H16Cl2O5/c1-23-16-7-5-11(17(24-2)18(16)25-3)15(22)9-14(21)10-4-6-12(19)13(20)8-10/h4-8H,9H2,1-3H3. The summed E-state index contributed by atoms with van der Waals surface area (Å²) in [6.07, 6.45) is -0.343. The van der Waals surface area contributed by atoms with Crippen molar-refractivity contribution in [1.29, 1.82) is 0 Å². The minimum absolute atomic E-state index is 0.216. The Hall–Kier alpha value is -2.24. The molecule has 0 atom stereocenters. The van der Waals surface area contributed by atoms with Gasteiger partial charge in [-0.05, 0) is 30.3 Å². The summed E-state index contributed by atoms with van der Waals surface area (Å²) in [5, 5.41) is 0.592. The Labute approximate surface area is 155 Å². The van der Waals surface area contributed by atoms with Crippen molar-refractivity contribution >= 4 is 34.8 Å². The minimum atomic E-state index is -0.408. The van der Waals surface area contributed by atoms with Gasteiger partial charge in [-0.3, -0.25) is 9.59 Å². The van der Waals surface area contributed by atoms with E-state index in [9.17, 15) is 9.59 Å². The van der Waals surface area contributed by atoms with Crippen LogP contribution in [0, 0.1) is 0 Å². The first kappa shape index (κ1) is 19.1. The van der Waals surface area contributed by atoms with Crippen LogP contribution in [0.5, 0.6) is 17.2 Å². The van der Waals surface area contributed by atoms with Crippen molar-refractivity contribution in [1.82, 2.24) is 0 Å². The molecule has 2 aromatic carbocycles. The average molecular weight is 383 g/mol. The van der Waals surface area contributed by atoms with Crippen molar-refractivity contribution in [3.63, 3.8) is 0 Å². The van der Waals surface area contributed by atoms with E-state index in [1.54, 1.807) is 6.07 Å². The number of ether oxygens (including phenoxy) is 3. The largest absolute Gasteiger partial charge is 0.493 e. The fourth-order valence-corrected chi connectivity index (χ4v) is 2.63. The SMILES string of the molecule is COc1ccc(C(=O)CC(=O)c2ccc(Cl)c(Cl)c2)c(OC)c1OC. The molecule has 7 heteroatoms. The van der Waals surface area contributed by atoms with Crippen LogP contribution in [0.4, 0.5) is 0 Å². The number of hydrogen-bond donors (Lipinski definition) is 0. The van der Waals surface area contributed by atoms with Gasteiger partial charge in [0.25, 0.3) is 0 Å². The van der Waals surface area contributed by atoms with Crippen LogP contribution in [0.15, 0.2) is 30.3 Å². The molecule has 2 aromatic rings. The van der Waals surface area contributed by atoms with Crippen LogP contribution >= 0.6 is 23.2 Å². The molecule has 0 aliphatic rings. The van der Waals surface area contributed by atoms with Crippen molar-refractivity contribution in [3.8, 4) is 17.2 Å². The molecule has 0 spiro atoms. The highest BCUT2D eigenvalue weighted by Gasteiger charge is 2.23. The maximum absolute atomic E-state index is 12.6. The van der Waals surface area contributed by atoms with E-state index in [1.165, 1.54) is 45.6 Å². The second kappa shape index (κ2) is 8.23. The second-order valence-electron chi connectivity index (χ2n) is 5.03. The number of carbonyl (C=O) groups excluding carboxylic acids is 2. The molecule has 0 amide bonds. The van der Waals surface area contributed by atoms with Gasteiger partial charge in [-0.25, -0.2) is 0 Å². The van der Waals surface area contributed by atoms with Crippen LogP contribution in [0.25, 0.3) is 0 Å². The van der Waals surface area contributed by atoms with Gasteiger partial charge in [-0.15, -0.1) is 0 Å². The van der Waals surface area contributed by atoms with E-state index in [1.807, 2.05) is 0 Å². The van der Waals surface area contributed by atoms with Gasteiger partial charge in [0.1, 0.15) is 0 Å². The maximum atomic E-state index is 12.6. The summed E-state index contributed by atoms with van der Waals surface area (Å²) in [4.78, 5) is 24.9. The highest BCUT2D eigenvalue weighted by atomic mass is 35.5. The van der Waals surface area contributed by atoms with Crippen molar-refractivity contribution < 1.29 is 23.8 Å². The van der Waals surface area contributed by atoms with E-state index >= 15 is 0 Å². The second-order valence-corrected chi connectivity index (χ2v) is 5.85. The number of methoxy groups -OCH3 is 3. The molecule has 0 radical (unpaired) electrons. The number of Topliss-reactive ketones (excluding diaryl/α,β-unsaturated/α-hetero) is 2. The maximum Gasteiger partial charge on any atom is 0.204 e. The molecule has 5 nitrogen and oxygen atoms in total. The molecule has 0 unspecified atom stereocenters. The zero-order valence-corrected chi connectivity index (χ0v) is 15.4. The van der Waals surface area contributed by atoms with Gasteiger partial charge >= 0.3 is 0 Å². The molecular formula is C18H16Cl2O5. The lowest BCUT2D eigenvalue weighted by molar-refractivity contribution is 0.0892. The zero-order valence-electron chi connectivity index (χ0n) is 13.9. The van der Waals surface area contributed by atoms with E-state index < -0.39 is 5.78 Å².